The first kappa shape index (κ1) is 17.8. The molecule has 0 radical (unpaired) electrons. The molecule has 0 heterocycles. The van der Waals surface area contributed by atoms with E-state index in [9.17, 15) is 9.59 Å². The molecule has 0 aromatic heterocycles. The van der Waals surface area contributed by atoms with E-state index in [1.165, 1.54) is 0 Å². The van der Waals surface area contributed by atoms with Crippen LogP contribution >= 0.6 is 23.2 Å². The number of carbonyl (C=O) groups excluding carboxylic acids is 2. The summed E-state index contributed by atoms with van der Waals surface area (Å²) in [4.78, 5) is 25.4. The number of anilines is 2. The van der Waals surface area contributed by atoms with Gasteiger partial charge in [-0.15, -0.1) is 0 Å². The van der Waals surface area contributed by atoms with Gasteiger partial charge in [-0.25, -0.2) is 0 Å². The zero-order chi connectivity index (χ0) is 18.2. The predicted molar refractivity (Wildman–Crippen MR) is 101 cm³/mol. The number of amides is 2. The third kappa shape index (κ3) is 3.65. The van der Waals surface area contributed by atoms with Gasteiger partial charge in [0.2, 0.25) is 11.8 Å². The number of carbonyl (C=O) groups is 2. The van der Waals surface area contributed by atoms with Crippen molar-refractivity contribution in [2.75, 3.05) is 10.6 Å². The minimum atomic E-state index is -1.04. The van der Waals surface area contributed by atoms with Crippen molar-refractivity contribution in [2.24, 2.45) is 5.41 Å². The van der Waals surface area contributed by atoms with Gasteiger partial charge in [0.05, 0.1) is 0 Å². The summed E-state index contributed by atoms with van der Waals surface area (Å²) < 4.78 is 0. The second kappa shape index (κ2) is 6.70. The highest BCUT2D eigenvalue weighted by Crippen LogP contribution is 2.48. The van der Waals surface area contributed by atoms with Crippen LogP contribution in [0.2, 0.25) is 10.0 Å². The standard InChI is InChI=1S/C19H18Cl2N2O2/c1-11-3-5-13(20)9-15(11)22-17(24)19(7-8-19)18(25)23-16-10-14(21)6-4-12(16)2/h3-6,9-10H,7-8H2,1-2H3,(H,22,24)(H,23,25). The van der Waals surface area contributed by atoms with Crippen molar-refractivity contribution in [3.8, 4) is 0 Å². The van der Waals surface area contributed by atoms with Gasteiger partial charge in [0, 0.05) is 21.4 Å². The van der Waals surface area contributed by atoms with Crippen LogP contribution in [0.15, 0.2) is 36.4 Å². The Morgan fingerprint density at radius 1 is 0.840 bits per heavy atom. The van der Waals surface area contributed by atoms with E-state index in [4.69, 9.17) is 23.2 Å². The van der Waals surface area contributed by atoms with E-state index >= 15 is 0 Å². The maximum Gasteiger partial charge on any atom is 0.240 e. The molecule has 0 atom stereocenters. The monoisotopic (exact) mass is 376 g/mol. The lowest BCUT2D eigenvalue weighted by atomic mass is 10.0. The highest BCUT2D eigenvalue weighted by molar-refractivity contribution is 6.31. The number of nitrogens with one attached hydrogen (secondary N) is 2. The van der Waals surface area contributed by atoms with Crippen molar-refractivity contribution in [3.05, 3.63) is 57.6 Å². The molecule has 1 aliphatic rings. The van der Waals surface area contributed by atoms with Gasteiger partial charge in [0.15, 0.2) is 0 Å². The van der Waals surface area contributed by atoms with Crippen molar-refractivity contribution in [1.29, 1.82) is 0 Å². The molecule has 3 rings (SSSR count). The fourth-order valence-electron chi connectivity index (χ4n) is 2.62. The third-order valence-corrected chi connectivity index (χ3v) is 4.99. The molecule has 0 bridgehead atoms. The van der Waals surface area contributed by atoms with Gasteiger partial charge in [-0.05, 0) is 62.1 Å². The molecule has 130 valence electrons. The van der Waals surface area contributed by atoms with Crippen LogP contribution in [0.3, 0.4) is 0 Å². The van der Waals surface area contributed by atoms with Crippen molar-refractivity contribution in [3.63, 3.8) is 0 Å². The first-order chi connectivity index (χ1) is 11.8. The molecule has 6 heteroatoms. The van der Waals surface area contributed by atoms with Gasteiger partial charge in [0.25, 0.3) is 0 Å². The largest absolute Gasteiger partial charge is 0.325 e. The minimum Gasteiger partial charge on any atom is -0.325 e. The Labute approximate surface area is 156 Å². The Balaban J connectivity index is 1.77. The molecule has 0 aliphatic heterocycles. The second-order valence-electron chi connectivity index (χ2n) is 6.41. The van der Waals surface area contributed by atoms with Gasteiger partial charge in [0.1, 0.15) is 5.41 Å². The number of halogens is 2. The lowest BCUT2D eigenvalue weighted by molar-refractivity contribution is -0.131. The van der Waals surface area contributed by atoms with Gasteiger partial charge in [-0.2, -0.15) is 0 Å². The SMILES string of the molecule is Cc1ccc(Cl)cc1NC(=O)C1(C(=O)Nc2cc(Cl)ccc2C)CC1. The van der Waals surface area contributed by atoms with Crippen LogP contribution in [0.4, 0.5) is 11.4 Å². The lowest BCUT2D eigenvalue weighted by Gasteiger charge is -2.17. The zero-order valence-corrected chi connectivity index (χ0v) is 15.5. The summed E-state index contributed by atoms with van der Waals surface area (Å²) >= 11 is 12.0. The average Bonchev–Trinajstić information content (AvgIpc) is 3.36. The van der Waals surface area contributed by atoms with Crippen LogP contribution in [0.25, 0.3) is 0 Å². The van der Waals surface area contributed by atoms with Gasteiger partial charge in [-0.3, -0.25) is 9.59 Å². The van der Waals surface area contributed by atoms with Gasteiger partial charge < -0.3 is 10.6 Å². The molecular formula is C19H18Cl2N2O2. The fourth-order valence-corrected chi connectivity index (χ4v) is 2.97. The number of hydrogen-bond acceptors (Lipinski definition) is 2. The van der Waals surface area contributed by atoms with Gasteiger partial charge in [-0.1, -0.05) is 35.3 Å². The zero-order valence-electron chi connectivity index (χ0n) is 14.0. The van der Waals surface area contributed by atoms with E-state index in [1.54, 1.807) is 24.3 Å². The second-order valence-corrected chi connectivity index (χ2v) is 7.28. The summed E-state index contributed by atoms with van der Waals surface area (Å²) in [7, 11) is 0. The predicted octanol–water partition coefficient (Wildman–Crippen LogP) is 4.97. The topological polar surface area (TPSA) is 58.2 Å². The molecule has 2 N–H and O–H groups in total. The Kier molecular flexibility index (Phi) is 4.76. The molecule has 1 aliphatic carbocycles. The molecule has 25 heavy (non-hydrogen) atoms. The van der Waals surface area contributed by atoms with E-state index in [0.717, 1.165) is 11.1 Å². The molecule has 0 spiro atoms. The summed E-state index contributed by atoms with van der Waals surface area (Å²) in [6.45, 7) is 3.75. The molecule has 0 unspecified atom stereocenters. The van der Waals surface area contributed by atoms with E-state index < -0.39 is 5.41 Å². The first-order valence-corrected chi connectivity index (χ1v) is 8.73. The fraction of sp³-hybridized carbons (Fsp3) is 0.263. The van der Waals surface area contributed by atoms with Crippen LogP contribution in [0, 0.1) is 19.3 Å². The van der Waals surface area contributed by atoms with E-state index in [1.807, 2.05) is 26.0 Å². The van der Waals surface area contributed by atoms with Crippen LogP contribution in [0.5, 0.6) is 0 Å². The van der Waals surface area contributed by atoms with Crippen molar-refractivity contribution in [1.82, 2.24) is 0 Å². The normalized spacial score (nSPS) is 14.7. The van der Waals surface area contributed by atoms with Crippen molar-refractivity contribution >= 4 is 46.4 Å². The summed E-state index contributed by atoms with van der Waals surface area (Å²) in [5.41, 5.74) is 1.98. The third-order valence-electron chi connectivity index (χ3n) is 4.51. The Bertz CT molecular complexity index is 793. The number of benzene rings is 2. The number of aryl methyl sites for hydroxylation is 2. The summed E-state index contributed by atoms with van der Waals surface area (Å²) in [5.74, 6) is -0.620. The van der Waals surface area contributed by atoms with Gasteiger partial charge >= 0.3 is 0 Å². The molecule has 1 saturated carbocycles. The Morgan fingerprint density at radius 2 is 1.24 bits per heavy atom. The van der Waals surface area contributed by atoms with Crippen LogP contribution in [-0.4, -0.2) is 11.8 Å². The highest BCUT2D eigenvalue weighted by Gasteiger charge is 2.56. The Hall–Kier alpha value is -2.04. The van der Waals surface area contributed by atoms with Crippen molar-refractivity contribution in [2.45, 2.75) is 26.7 Å². The molecule has 4 nitrogen and oxygen atoms in total. The van der Waals surface area contributed by atoms with E-state index in [0.29, 0.717) is 34.3 Å². The smallest absolute Gasteiger partial charge is 0.240 e. The van der Waals surface area contributed by atoms with E-state index in [2.05, 4.69) is 10.6 Å². The van der Waals surface area contributed by atoms with Crippen LogP contribution in [0.1, 0.15) is 24.0 Å². The lowest BCUT2D eigenvalue weighted by Crippen LogP contribution is -2.36. The molecule has 2 amide bonds. The number of rotatable bonds is 4. The minimum absolute atomic E-state index is 0.310. The summed E-state index contributed by atoms with van der Waals surface area (Å²) in [6.07, 6.45) is 1.04. The van der Waals surface area contributed by atoms with E-state index in [-0.39, 0.29) is 11.8 Å². The van der Waals surface area contributed by atoms with Crippen LogP contribution < -0.4 is 10.6 Å². The maximum absolute atomic E-state index is 12.7. The first-order valence-electron chi connectivity index (χ1n) is 7.97. The van der Waals surface area contributed by atoms with Crippen LogP contribution in [-0.2, 0) is 9.59 Å². The summed E-state index contributed by atoms with van der Waals surface area (Å²) in [5, 5.41) is 6.74. The molecule has 2 aromatic carbocycles. The molecule has 0 saturated heterocycles. The Morgan fingerprint density at radius 3 is 1.60 bits per heavy atom. The highest BCUT2D eigenvalue weighted by atomic mass is 35.5. The van der Waals surface area contributed by atoms with Crippen molar-refractivity contribution < 1.29 is 9.59 Å². The molecule has 1 fully saturated rings. The summed E-state index contributed by atoms with van der Waals surface area (Å²) in [6, 6.07) is 10.5. The maximum atomic E-state index is 12.7. The molecular weight excluding hydrogens is 359 g/mol. The average molecular weight is 377 g/mol. The quantitative estimate of drug-likeness (QED) is 0.740. The molecule has 2 aromatic rings. The number of hydrogen-bond donors (Lipinski definition) is 2.